The van der Waals surface area contributed by atoms with Crippen molar-refractivity contribution in [2.24, 2.45) is 0 Å². The van der Waals surface area contributed by atoms with Gasteiger partial charge in [0.2, 0.25) is 0 Å². The largest absolute Gasteiger partial charge is 0.487 e. The lowest BCUT2D eigenvalue weighted by atomic mass is 9.95. The molecule has 0 spiro atoms. The summed E-state index contributed by atoms with van der Waals surface area (Å²) >= 11 is 6.82. The lowest BCUT2D eigenvalue weighted by molar-refractivity contribution is 0.138. The fraction of sp³-hybridized carbons (Fsp3) is 0.429. The van der Waals surface area contributed by atoms with Gasteiger partial charge in [0.15, 0.2) is 0 Å². The van der Waals surface area contributed by atoms with Gasteiger partial charge in [-0.1, -0.05) is 12.1 Å². The lowest BCUT2D eigenvalue weighted by Crippen LogP contribution is -2.30. The Morgan fingerprint density at radius 2 is 1.89 bits per heavy atom. The molecule has 2 nitrogen and oxygen atoms in total. The van der Waals surface area contributed by atoms with Crippen LogP contribution in [0.25, 0.3) is 0 Å². The van der Waals surface area contributed by atoms with Crippen LogP contribution in [0.2, 0.25) is 0 Å². The molecule has 0 radical (unpaired) electrons. The third-order valence-corrected chi connectivity index (χ3v) is 9.08. The van der Waals surface area contributed by atoms with Crippen molar-refractivity contribution in [3.63, 3.8) is 0 Å². The molecular formula is C21H22BrFO2S2. The van der Waals surface area contributed by atoms with Crippen molar-refractivity contribution < 1.29 is 14.2 Å². The second-order valence-electron chi connectivity index (χ2n) is 7.66. The summed E-state index contributed by atoms with van der Waals surface area (Å²) in [5, 5.41) is 11.4. The van der Waals surface area contributed by atoms with Crippen molar-refractivity contribution >= 4 is 39.5 Å². The Balaban J connectivity index is 1.76. The Labute approximate surface area is 176 Å². The molecule has 1 saturated heterocycles. The summed E-state index contributed by atoms with van der Waals surface area (Å²) in [4.78, 5) is 0. The van der Waals surface area contributed by atoms with Gasteiger partial charge in [-0.3, -0.25) is 0 Å². The molecule has 0 aliphatic carbocycles. The van der Waals surface area contributed by atoms with Crippen molar-refractivity contribution in [3.8, 4) is 5.75 Å². The number of rotatable bonds is 3. The van der Waals surface area contributed by atoms with Crippen molar-refractivity contribution in [1.82, 2.24) is 0 Å². The van der Waals surface area contributed by atoms with Crippen LogP contribution in [0.1, 0.15) is 43.1 Å². The average Bonchev–Trinajstić information content (AvgIpc) is 2.96. The maximum Gasteiger partial charge on any atom is 0.137 e. The fourth-order valence-corrected chi connectivity index (χ4v) is 7.53. The molecule has 4 rings (SSSR count). The third kappa shape index (κ3) is 3.66. The van der Waals surface area contributed by atoms with Gasteiger partial charge in [0.05, 0.1) is 4.47 Å². The molecule has 1 atom stereocenters. The molecule has 1 N–H and O–H groups in total. The van der Waals surface area contributed by atoms with E-state index in [1.54, 1.807) is 35.7 Å². The van der Waals surface area contributed by atoms with Gasteiger partial charge < -0.3 is 9.84 Å². The fourth-order valence-electron chi connectivity index (χ4n) is 3.76. The van der Waals surface area contributed by atoms with E-state index in [2.05, 4.69) is 41.9 Å². The number of hydrogen-bond donors (Lipinski definition) is 1. The predicted molar refractivity (Wildman–Crippen MR) is 115 cm³/mol. The van der Waals surface area contributed by atoms with Crippen molar-refractivity contribution in [2.75, 3.05) is 11.5 Å². The van der Waals surface area contributed by atoms with E-state index >= 15 is 0 Å². The third-order valence-electron chi connectivity index (χ3n) is 5.01. The minimum Gasteiger partial charge on any atom is -0.487 e. The Hall–Kier alpha value is -0.690. The number of aliphatic hydroxyl groups is 1. The van der Waals surface area contributed by atoms with Crippen LogP contribution in [0, 0.1) is 5.82 Å². The molecule has 1 fully saturated rings. The molecular weight excluding hydrogens is 447 g/mol. The Morgan fingerprint density at radius 3 is 2.59 bits per heavy atom. The van der Waals surface area contributed by atoms with Crippen molar-refractivity contribution in [3.05, 3.63) is 63.4 Å². The molecule has 0 aromatic heterocycles. The van der Waals surface area contributed by atoms with Crippen LogP contribution in [-0.2, 0) is 10.5 Å². The number of ether oxygens (including phenoxy) is 1. The van der Waals surface area contributed by atoms with Gasteiger partial charge in [-0.2, -0.15) is 0 Å². The molecule has 6 heteroatoms. The second-order valence-corrected chi connectivity index (χ2v) is 11.4. The summed E-state index contributed by atoms with van der Waals surface area (Å²) < 4.78 is 19.6. The van der Waals surface area contributed by atoms with Crippen LogP contribution in [0.15, 0.2) is 40.9 Å². The van der Waals surface area contributed by atoms with E-state index < -0.39 is 10.2 Å². The predicted octanol–water partition coefficient (Wildman–Crippen LogP) is 6.06. The van der Waals surface area contributed by atoms with Gasteiger partial charge in [-0.25, -0.2) is 4.39 Å². The Bertz CT molecular complexity index is 865. The van der Waals surface area contributed by atoms with E-state index in [4.69, 9.17) is 4.74 Å². The van der Waals surface area contributed by atoms with Gasteiger partial charge in [0, 0.05) is 6.42 Å². The van der Waals surface area contributed by atoms with Gasteiger partial charge in [0.25, 0.3) is 0 Å². The molecule has 2 aliphatic rings. The topological polar surface area (TPSA) is 29.5 Å². The first-order valence-electron chi connectivity index (χ1n) is 9.04. The highest BCUT2D eigenvalue weighted by molar-refractivity contribution is 9.10. The standard InChI is InChI=1S/C21H22BrFO2S2/c1-20(2)12-14-10-15(5-7-18(14)25-20)21(26-8-3-9-27-21)19(24)13-4-6-17(23)16(22)11-13/h4-7,10-11,19,24H,3,8-9,12H2,1-2H3. The maximum absolute atomic E-state index is 13.7. The molecule has 2 aromatic rings. The molecule has 1 unspecified atom stereocenters. The van der Waals surface area contributed by atoms with Gasteiger partial charge in [-0.05, 0) is 88.7 Å². The van der Waals surface area contributed by atoms with E-state index in [0.29, 0.717) is 4.47 Å². The summed E-state index contributed by atoms with van der Waals surface area (Å²) in [6.07, 6.45) is 1.25. The lowest BCUT2D eigenvalue weighted by Gasteiger charge is -2.40. The second kappa shape index (κ2) is 7.29. The summed E-state index contributed by atoms with van der Waals surface area (Å²) in [6, 6.07) is 11.1. The SMILES string of the molecule is CC1(C)Cc2cc(C3(C(O)c4ccc(F)c(Br)c4)SCCCS3)ccc2O1. The molecule has 144 valence electrons. The highest BCUT2D eigenvalue weighted by Crippen LogP contribution is 2.58. The quantitative estimate of drug-likeness (QED) is 0.592. The van der Waals surface area contributed by atoms with Crippen molar-refractivity contribution in [1.29, 1.82) is 0 Å². The van der Waals surface area contributed by atoms with E-state index in [9.17, 15) is 9.50 Å². The Kier molecular flexibility index (Phi) is 5.29. The van der Waals surface area contributed by atoms with Crippen LogP contribution in [0.5, 0.6) is 5.75 Å². The van der Waals surface area contributed by atoms with Crippen LogP contribution in [0.3, 0.4) is 0 Å². The highest BCUT2D eigenvalue weighted by atomic mass is 79.9. The zero-order valence-electron chi connectivity index (χ0n) is 15.3. The number of fused-ring (bicyclic) bond motifs is 1. The number of halogens is 2. The number of thioether (sulfide) groups is 2. The van der Waals surface area contributed by atoms with Crippen molar-refractivity contribution in [2.45, 2.75) is 42.5 Å². The average molecular weight is 469 g/mol. The minimum atomic E-state index is -0.738. The van der Waals surface area contributed by atoms with E-state index in [1.165, 1.54) is 11.6 Å². The Morgan fingerprint density at radius 1 is 1.15 bits per heavy atom. The normalized spacial score (nSPS) is 21.4. The van der Waals surface area contributed by atoms with Crippen LogP contribution < -0.4 is 4.74 Å². The molecule has 0 amide bonds. The van der Waals surface area contributed by atoms with E-state index in [-0.39, 0.29) is 11.4 Å². The van der Waals surface area contributed by atoms with E-state index in [1.807, 2.05) is 6.07 Å². The summed E-state index contributed by atoms with van der Waals surface area (Å²) in [7, 11) is 0. The van der Waals surface area contributed by atoms with Gasteiger partial charge in [-0.15, -0.1) is 23.5 Å². The zero-order valence-corrected chi connectivity index (χ0v) is 18.5. The molecule has 0 bridgehead atoms. The summed E-state index contributed by atoms with van der Waals surface area (Å²) in [6.45, 7) is 4.19. The van der Waals surface area contributed by atoms with Crippen LogP contribution in [0.4, 0.5) is 4.39 Å². The zero-order chi connectivity index (χ0) is 19.2. The van der Waals surface area contributed by atoms with Crippen LogP contribution in [-0.4, -0.2) is 22.2 Å². The number of hydrogen-bond acceptors (Lipinski definition) is 4. The van der Waals surface area contributed by atoms with E-state index in [0.717, 1.165) is 41.2 Å². The first-order valence-corrected chi connectivity index (χ1v) is 11.8. The molecule has 27 heavy (non-hydrogen) atoms. The number of benzene rings is 2. The smallest absolute Gasteiger partial charge is 0.137 e. The maximum atomic E-state index is 13.7. The monoisotopic (exact) mass is 468 g/mol. The van der Waals surface area contributed by atoms with Gasteiger partial charge in [0.1, 0.15) is 27.4 Å². The summed E-state index contributed by atoms with van der Waals surface area (Å²) in [5.41, 5.74) is 2.82. The molecule has 2 aliphatic heterocycles. The molecule has 0 saturated carbocycles. The minimum absolute atomic E-state index is 0.193. The van der Waals surface area contributed by atoms with Crippen LogP contribution >= 0.6 is 39.5 Å². The number of aliphatic hydroxyl groups excluding tert-OH is 1. The van der Waals surface area contributed by atoms with Gasteiger partial charge >= 0.3 is 0 Å². The summed E-state index contributed by atoms with van der Waals surface area (Å²) in [5.74, 6) is 2.60. The highest BCUT2D eigenvalue weighted by Gasteiger charge is 2.44. The first-order chi connectivity index (χ1) is 12.8. The molecule has 2 heterocycles. The molecule has 2 aromatic carbocycles. The first kappa shape index (κ1) is 19.6.